The van der Waals surface area contributed by atoms with E-state index in [9.17, 15) is 5.11 Å². The number of para-hydroxylation sites is 2. The minimum absolute atomic E-state index is 0.502. The lowest BCUT2D eigenvalue weighted by atomic mass is 10.1. The van der Waals surface area contributed by atoms with Gasteiger partial charge >= 0.3 is 0 Å². The van der Waals surface area contributed by atoms with Gasteiger partial charge in [-0.1, -0.05) is 42.5 Å². The Kier molecular flexibility index (Phi) is 5.19. The minimum Gasteiger partial charge on any atom is -0.490 e. The molecule has 0 fully saturated rings. The maximum absolute atomic E-state index is 9.93. The van der Waals surface area contributed by atoms with Crippen molar-refractivity contribution in [2.24, 2.45) is 0 Å². The fourth-order valence-corrected chi connectivity index (χ4v) is 1.98. The Bertz CT molecular complexity index is 607. The van der Waals surface area contributed by atoms with E-state index in [2.05, 4.69) is 0 Å². The Morgan fingerprint density at radius 3 is 2.29 bits per heavy atom. The number of benzene rings is 2. The maximum atomic E-state index is 9.93. The van der Waals surface area contributed by atoms with Crippen molar-refractivity contribution in [2.45, 2.75) is 19.1 Å². The van der Waals surface area contributed by atoms with Crippen molar-refractivity contribution in [3.05, 3.63) is 60.2 Å². The van der Waals surface area contributed by atoms with Crippen LogP contribution in [0.3, 0.4) is 0 Å². The molecule has 2 unspecified atom stereocenters. The minimum atomic E-state index is -1.26. The number of rotatable bonds is 6. The Hall–Kier alpha value is -2.51. The second-order valence-corrected chi connectivity index (χ2v) is 4.40. The topological polar surface area (TPSA) is 62.5 Å². The van der Waals surface area contributed by atoms with Crippen LogP contribution < -0.4 is 9.47 Å². The Balaban J connectivity index is 2.30. The van der Waals surface area contributed by atoms with E-state index in [1.54, 1.807) is 12.1 Å². The highest BCUT2D eigenvalue weighted by molar-refractivity contribution is 5.40. The first-order valence-electron chi connectivity index (χ1n) is 6.77. The molecule has 0 aromatic heterocycles. The van der Waals surface area contributed by atoms with Gasteiger partial charge in [-0.15, -0.1) is 0 Å². The van der Waals surface area contributed by atoms with E-state index in [4.69, 9.17) is 14.7 Å². The summed E-state index contributed by atoms with van der Waals surface area (Å²) in [6, 6.07) is 18.2. The number of nitrogens with zero attached hydrogens (tertiary/aromatic N) is 1. The van der Waals surface area contributed by atoms with Crippen LogP contribution in [0.5, 0.6) is 11.5 Å². The van der Waals surface area contributed by atoms with Gasteiger partial charge in [-0.25, -0.2) is 0 Å². The highest BCUT2D eigenvalue weighted by atomic mass is 16.5. The summed E-state index contributed by atoms with van der Waals surface area (Å²) in [6.07, 6.45) is -2.03. The molecule has 0 heterocycles. The molecule has 0 amide bonds. The summed E-state index contributed by atoms with van der Waals surface area (Å²) in [4.78, 5) is 0. The van der Waals surface area contributed by atoms with Gasteiger partial charge in [-0.2, -0.15) is 5.26 Å². The van der Waals surface area contributed by atoms with Crippen LogP contribution in [0.15, 0.2) is 54.6 Å². The van der Waals surface area contributed by atoms with Gasteiger partial charge in [-0.05, 0) is 24.6 Å². The fourth-order valence-electron chi connectivity index (χ4n) is 1.98. The van der Waals surface area contributed by atoms with E-state index in [0.29, 0.717) is 18.1 Å². The van der Waals surface area contributed by atoms with Crippen LogP contribution in [0.1, 0.15) is 18.6 Å². The molecule has 0 radical (unpaired) electrons. The molecule has 2 rings (SSSR count). The third kappa shape index (κ3) is 3.74. The molecule has 0 bridgehead atoms. The predicted octanol–water partition coefficient (Wildman–Crippen LogP) is 3.09. The van der Waals surface area contributed by atoms with Crippen molar-refractivity contribution in [1.29, 1.82) is 5.26 Å². The van der Waals surface area contributed by atoms with E-state index in [-0.39, 0.29) is 0 Å². The van der Waals surface area contributed by atoms with Crippen molar-refractivity contribution >= 4 is 0 Å². The first-order valence-corrected chi connectivity index (χ1v) is 6.77. The van der Waals surface area contributed by atoms with Crippen molar-refractivity contribution in [3.8, 4) is 17.6 Å². The molecule has 2 aromatic carbocycles. The lowest BCUT2D eigenvalue weighted by Crippen LogP contribution is -2.22. The molecule has 2 atom stereocenters. The zero-order chi connectivity index (χ0) is 15.1. The molecule has 0 aliphatic rings. The SMILES string of the molecule is CCOc1ccccc1OC(c1ccccc1)C(O)C#N. The normalized spacial score (nSPS) is 13.0. The molecule has 2 aromatic rings. The van der Waals surface area contributed by atoms with Crippen molar-refractivity contribution in [3.63, 3.8) is 0 Å². The van der Waals surface area contributed by atoms with Crippen LogP contribution in [0.25, 0.3) is 0 Å². The van der Waals surface area contributed by atoms with Gasteiger partial charge in [0.2, 0.25) is 0 Å². The monoisotopic (exact) mass is 283 g/mol. The summed E-state index contributed by atoms with van der Waals surface area (Å²) >= 11 is 0. The summed E-state index contributed by atoms with van der Waals surface area (Å²) in [6.45, 7) is 2.40. The molecule has 1 N–H and O–H groups in total. The van der Waals surface area contributed by atoms with Crippen LogP contribution in [0.4, 0.5) is 0 Å². The van der Waals surface area contributed by atoms with E-state index in [0.717, 1.165) is 5.56 Å². The van der Waals surface area contributed by atoms with E-state index in [1.165, 1.54) is 0 Å². The lowest BCUT2D eigenvalue weighted by Gasteiger charge is -2.22. The van der Waals surface area contributed by atoms with Crippen LogP contribution in [-0.4, -0.2) is 17.8 Å². The van der Waals surface area contributed by atoms with Crippen LogP contribution in [-0.2, 0) is 0 Å². The zero-order valence-electron chi connectivity index (χ0n) is 11.8. The smallest absolute Gasteiger partial charge is 0.181 e. The Labute approximate surface area is 124 Å². The maximum Gasteiger partial charge on any atom is 0.181 e. The van der Waals surface area contributed by atoms with Crippen molar-refractivity contribution in [2.75, 3.05) is 6.61 Å². The van der Waals surface area contributed by atoms with Crippen LogP contribution in [0.2, 0.25) is 0 Å². The Morgan fingerprint density at radius 2 is 1.67 bits per heavy atom. The molecular formula is C17H17NO3. The largest absolute Gasteiger partial charge is 0.490 e. The molecule has 0 saturated carbocycles. The summed E-state index contributed by atoms with van der Waals surface area (Å²) in [5.74, 6) is 1.09. The summed E-state index contributed by atoms with van der Waals surface area (Å²) in [5, 5.41) is 18.9. The first kappa shape index (κ1) is 14.9. The summed E-state index contributed by atoms with van der Waals surface area (Å²) < 4.78 is 11.3. The van der Waals surface area contributed by atoms with Gasteiger partial charge < -0.3 is 14.6 Å². The standard InChI is InChI=1S/C17H17NO3/c1-2-20-15-10-6-7-11-16(15)21-17(14(19)12-18)13-8-4-3-5-9-13/h3-11,14,17,19H,2H2,1H3. The number of aliphatic hydroxyl groups excluding tert-OH is 1. The molecule has 0 aliphatic heterocycles. The third-order valence-electron chi connectivity index (χ3n) is 2.95. The number of ether oxygens (including phenoxy) is 2. The number of hydrogen-bond acceptors (Lipinski definition) is 4. The van der Waals surface area contributed by atoms with Gasteiger partial charge in [-0.3, -0.25) is 0 Å². The van der Waals surface area contributed by atoms with Crippen LogP contribution in [0, 0.1) is 11.3 Å². The van der Waals surface area contributed by atoms with E-state index in [1.807, 2.05) is 55.5 Å². The van der Waals surface area contributed by atoms with Crippen LogP contribution >= 0.6 is 0 Å². The molecule has 21 heavy (non-hydrogen) atoms. The fraction of sp³-hybridized carbons (Fsp3) is 0.235. The number of hydrogen-bond donors (Lipinski definition) is 1. The molecule has 0 aliphatic carbocycles. The quantitative estimate of drug-likeness (QED) is 0.827. The second kappa shape index (κ2) is 7.32. The van der Waals surface area contributed by atoms with E-state index < -0.39 is 12.2 Å². The molecular weight excluding hydrogens is 266 g/mol. The van der Waals surface area contributed by atoms with Gasteiger partial charge in [0.05, 0.1) is 12.7 Å². The number of nitriles is 1. The Morgan fingerprint density at radius 1 is 1.05 bits per heavy atom. The van der Waals surface area contributed by atoms with Gasteiger partial charge in [0, 0.05) is 0 Å². The second-order valence-electron chi connectivity index (χ2n) is 4.40. The van der Waals surface area contributed by atoms with Crippen molar-refractivity contribution < 1.29 is 14.6 Å². The van der Waals surface area contributed by atoms with Gasteiger partial charge in [0.15, 0.2) is 23.7 Å². The van der Waals surface area contributed by atoms with Gasteiger partial charge in [0.25, 0.3) is 0 Å². The molecule has 4 heteroatoms. The molecule has 4 nitrogen and oxygen atoms in total. The highest BCUT2D eigenvalue weighted by Gasteiger charge is 2.24. The summed E-state index contributed by atoms with van der Waals surface area (Å²) in [7, 11) is 0. The van der Waals surface area contributed by atoms with E-state index >= 15 is 0 Å². The van der Waals surface area contributed by atoms with Gasteiger partial charge in [0.1, 0.15) is 0 Å². The molecule has 0 saturated heterocycles. The molecule has 108 valence electrons. The average molecular weight is 283 g/mol. The predicted molar refractivity (Wildman–Crippen MR) is 79.0 cm³/mol. The first-order chi connectivity index (χ1) is 10.3. The third-order valence-corrected chi connectivity index (χ3v) is 2.95. The zero-order valence-corrected chi connectivity index (χ0v) is 11.8. The molecule has 0 spiro atoms. The van der Waals surface area contributed by atoms with Crippen molar-refractivity contribution in [1.82, 2.24) is 0 Å². The average Bonchev–Trinajstić information content (AvgIpc) is 2.54. The highest BCUT2D eigenvalue weighted by Crippen LogP contribution is 2.32. The lowest BCUT2D eigenvalue weighted by molar-refractivity contribution is 0.0687. The summed E-state index contributed by atoms with van der Waals surface area (Å²) in [5.41, 5.74) is 0.734. The number of aliphatic hydroxyl groups is 1.